The van der Waals surface area contributed by atoms with Gasteiger partial charge in [-0.15, -0.1) is 0 Å². The molecule has 0 bridgehead atoms. The minimum absolute atomic E-state index is 0.00783. The van der Waals surface area contributed by atoms with Gasteiger partial charge in [-0.25, -0.2) is 13.1 Å². The molecular formula is C18H17N5O3S2. The maximum atomic E-state index is 12.9. The van der Waals surface area contributed by atoms with Crippen LogP contribution in [0.3, 0.4) is 0 Å². The highest BCUT2D eigenvalue weighted by Crippen LogP contribution is 2.21. The third-order valence-corrected chi connectivity index (χ3v) is 6.14. The number of H-pyrrole nitrogens is 2. The Morgan fingerprint density at radius 3 is 2.43 bits per heavy atom. The van der Waals surface area contributed by atoms with E-state index in [0.717, 1.165) is 0 Å². The summed E-state index contributed by atoms with van der Waals surface area (Å²) in [4.78, 5) is 18.8. The zero-order valence-electron chi connectivity index (χ0n) is 15.1. The molecule has 0 aliphatic carbocycles. The summed E-state index contributed by atoms with van der Waals surface area (Å²) in [6, 6.07) is 13.6. The number of fused-ring (bicyclic) bond motifs is 1. The number of imidazole rings is 1. The number of nitrogens with zero attached hydrogens (tertiary/aromatic N) is 2. The minimum Gasteiger partial charge on any atom is -0.331 e. The van der Waals surface area contributed by atoms with Gasteiger partial charge in [-0.3, -0.25) is 14.2 Å². The van der Waals surface area contributed by atoms with Gasteiger partial charge in [0.05, 0.1) is 27.3 Å². The highest BCUT2D eigenvalue weighted by molar-refractivity contribution is 7.92. The molecule has 2 heterocycles. The lowest BCUT2D eigenvalue weighted by Crippen LogP contribution is -2.23. The molecule has 0 aliphatic heterocycles. The lowest BCUT2D eigenvalue weighted by molar-refractivity contribution is 0.601. The van der Waals surface area contributed by atoms with Gasteiger partial charge in [-0.1, -0.05) is 18.2 Å². The lowest BCUT2D eigenvalue weighted by atomic mass is 10.3. The van der Waals surface area contributed by atoms with E-state index in [9.17, 15) is 13.2 Å². The molecule has 2 aromatic heterocycles. The van der Waals surface area contributed by atoms with E-state index in [2.05, 4.69) is 14.7 Å². The first-order chi connectivity index (χ1) is 13.3. The monoisotopic (exact) mass is 415 g/mol. The Labute approximate surface area is 165 Å². The van der Waals surface area contributed by atoms with Gasteiger partial charge in [0.25, 0.3) is 15.6 Å². The molecule has 0 spiro atoms. The smallest absolute Gasteiger partial charge is 0.296 e. The van der Waals surface area contributed by atoms with Crippen LogP contribution in [0.4, 0.5) is 5.69 Å². The Morgan fingerprint density at radius 2 is 1.71 bits per heavy atom. The van der Waals surface area contributed by atoms with Crippen molar-refractivity contribution in [2.45, 2.75) is 11.8 Å². The number of nitrogens with one attached hydrogen (secondary N) is 3. The van der Waals surface area contributed by atoms with Crippen LogP contribution in [0, 0.1) is 11.7 Å². The van der Waals surface area contributed by atoms with Crippen molar-refractivity contribution in [3.05, 3.63) is 69.3 Å². The normalized spacial score (nSPS) is 11.8. The number of anilines is 1. The van der Waals surface area contributed by atoms with Crippen LogP contribution in [0.5, 0.6) is 0 Å². The molecule has 0 fully saturated rings. The van der Waals surface area contributed by atoms with Crippen LogP contribution < -0.4 is 10.3 Å². The summed E-state index contributed by atoms with van der Waals surface area (Å²) >= 11 is 5.03. The first kappa shape index (κ1) is 18.3. The van der Waals surface area contributed by atoms with Gasteiger partial charge in [-0.2, -0.15) is 0 Å². The van der Waals surface area contributed by atoms with E-state index in [1.54, 1.807) is 36.9 Å². The highest BCUT2D eigenvalue weighted by Gasteiger charge is 2.22. The summed E-state index contributed by atoms with van der Waals surface area (Å²) in [5, 5.41) is 0. The predicted molar refractivity (Wildman–Crippen MR) is 110 cm³/mol. The maximum absolute atomic E-state index is 12.9. The topological polar surface area (TPSA) is 105 Å². The second-order valence-electron chi connectivity index (χ2n) is 6.33. The first-order valence-corrected chi connectivity index (χ1v) is 10.3. The third-order valence-electron chi connectivity index (χ3n) is 4.59. The van der Waals surface area contributed by atoms with E-state index < -0.39 is 15.6 Å². The Kier molecular flexibility index (Phi) is 4.24. The van der Waals surface area contributed by atoms with Crippen molar-refractivity contribution >= 4 is 39.0 Å². The molecule has 0 saturated heterocycles. The van der Waals surface area contributed by atoms with Crippen molar-refractivity contribution < 1.29 is 8.42 Å². The summed E-state index contributed by atoms with van der Waals surface area (Å²) in [7, 11) is -2.27. The summed E-state index contributed by atoms with van der Waals surface area (Å²) < 4.78 is 31.7. The molecule has 3 N–H and O–H groups in total. The van der Waals surface area contributed by atoms with Gasteiger partial charge in [0.15, 0.2) is 4.77 Å². The summed E-state index contributed by atoms with van der Waals surface area (Å²) in [5.74, 6) is 0. The van der Waals surface area contributed by atoms with Gasteiger partial charge < -0.3 is 9.97 Å². The largest absolute Gasteiger partial charge is 0.331 e. The van der Waals surface area contributed by atoms with Crippen LogP contribution in [0.1, 0.15) is 5.69 Å². The van der Waals surface area contributed by atoms with Crippen molar-refractivity contribution in [2.24, 2.45) is 7.05 Å². The molecule has 10 heteroatoms. The van der Waals surface area contributed by atoms with Gasteiger partial charge in [-0.05, 0) is 49.5 Å². The fourth-order valence-corrected chi connectivity index (χ4v) is 4.42. The number of hydrogen-bond donors (Lipinski definition) is 3. The van der Waals surface area contributed by atoms with Crippen LogP contribution in [-0.2, 0) is 17.1 Å². The summed E-state index contributed by atoms with van der Waals surface area (Å²) in [6.45, 7) is 1.69. The number of benzene rings is 2. The standard InChI is InChI=1S/C18H17N5O3S2/c1-11-16(17(24)23(22(11)2)12-6-4-3-5-7-12)21-28(25,26)13-8-9-14-15(10-13)20-18(27)19-14/h3-10,21H,1-2H3,(H2,19,20,27). The first-order valence-electron chi connectivity index (χ1n) is 8.37. The molecule has 0 unspecified atom stereocenters. The molecule has 4 rings (SSSR count). The van der Waals surface area contributed by atoms with Crippen molar-refractivity contribution in [3.63, 3.8) is 0 Å². The van der Waals surface area contributed by atoms with Crippen molar-refractivity contribution in [2.75, 3.05) is 4.72 Å². The van der Waals surface area contributed by atoms with Crippen LogP contribution in [-0.4, -0.2) is 27.7 Å². The SMILES string of the molecule is Cc1c(NS(=O)(=O)c2ccc3[nH]c(=S)[nH]c3c2)c(=O)n(-c2ccccc2)n1C. The number of rotatable bonds is 4. The molecule has 0 saturated carbocycles. The van der Waals surface area contributed by atoms with Crippen LogP contribution in [0.25, 0.3) is 16.7 Å². The molecule has 4 aromatic rings. The Balaban J connectivity index is 1.79. The van der Waals surface area contributed by atoms with Gasteiger partial charge in [0, 0.05) is 7.05 Å². The summed E-state index contributed by atoms with van der Waals surface area (Å²) in [6.07, 6.45) is 0. The Hall–Kier alpha value is -3.11. The number of aromatic nitrogens is 4. The molecule has 0 amide bonds. The second kappa shape index (κ2) is 6.50. The zero-order valence-corrected chi connectivity index (χ0v) is 16.7. The maximum Gasteiger partial charge on any atom is 0.296 e. The lowest BCUT2D eigenvalue weighted by Gasteiger charge is -2.07. The number of hydrogen-bond acceptors (Lipinski definition) is 4. The minimum atomic E-state index is -3.97. The van der Waals surface area contributed by atoms with E-state index in [4.69, 9.17) is 12.2 Å². The number of aromatic amines is 2. The van der Waals surface area contributed by atoms with Crippen molar-refractivity contribution in [1.82, 2.24) is 19.3 Å². The number of sulfonamides is 1. The van der Waals surface area contributed by atoms with Crippen molar-refractivity contribution in [1.29, 1.82) is 0 Å². The molecule has 28 heavy (non-hydrogen) atoms. The zero-order chi connectivity index (χ0) is 20.1. The van der Waals surface area contributed by atoms with E-state index in [1.165, 1.54) is 16.8 Å². The Bertz CT molecular complexity index is 1410. The highest BCUT2D eigenvalue weighted by atomic mass is 32.2. The third kappa shape index (κ3) is 2.96. The summed E-state index contributed by atoms with van der Waals surface area (Å²) in [5.41, 5.74) is 1.97. The number of para-hydroxylation sites is 1. The Morgan fingerprint density at radius 1 is 1.04 bits per heavy atom. The van der Waals surface area contributed by atoms with E-state index in [1.807, 2.05) is 18.2 Å². The fourth-order valence-electron chi connectivity index (χ4n) is 3.06. The van der Waals surface area contributed by atoms with Gasteiger partial charge >= 0.3 is 0 Å². The fraction of sp³-hybridized carbons (Fsp3) is 0.111. The quantitative estimate of drug-likeness (QED) is 0.446. The van der Waals surface area contributed by atoms with E-state index >= 15 is 0 Å². The predicted octanol–water partition coefficient (Wildman–Crippen LogP) is 2.82. The average Bonchev–Trinajstić information content (AvgIpc) is 3.13. The average molecular weight is 416 g/mol. The van der Waals surface area contributed by atoms with Gasteiger partial charge in [0.1, 0.15) is 5.69 Å². The van der Waals surface area contributed by atoms with E-state index in [-0.39, 0.29) is 10.6 Å². The molecule has 2 aromatic carbocycles. The van der Waals surface area contributed by atoms with Crippen LogP contribution >= 0.6 is 12.2 Å². The molecule has 8 nitrogen and oxygen atoms in total. The van der Waals surface area contributed by atoms with E-state index in [0.29, 0.717) is 27.2 Å². The second-order valence-corrected chi connectivity index (χ2v) is 8.42. The molecule has 0 aliphatic rings. The molecule has 144 valence electrons. The van der Waals surface area contributed by atoms with Crippen LogP contribution in [0.2, 0.25) is 0 Å². The van der Waals surface area contributed by atoms with Crippen LogP contribution in [0.15, 0.2) is 58.2 Å². The molecule has 0 atom stereocenters. The molecular weight excluding hydrogens is 398 g/mol. The molecule has 0 radical (unpaired) electrons. The van der Waals surface area contributed by atoms with Gasteiger partial charge in [0.2, 0.25) is 0 Å². The van der Waals surface area contributed by atoms with Crippen molar-refractivity contribution in [3.8, 4) is 5.69 Å².